The Hall–Kier alpha value is -3.51. The quantitative estimate of drug-likeness (QED) is 0.401. The van der Waals surface area contributed by atoms with E-state index in [0.29, 0.717) is 17.2 Å². The van der Waals surface area contributed by atoms with Crippen molar-refractivity contribution in [3.8, 4) is 11.3 Å². The molecule has 1 saturated heterocycles. The Labute approximate surface area is 173 Å². The maximum Gasteiger partial charge on any atom is 0.270 e. The minimum absolute atomic E-state index is 0.0338. The Balaban J connectivity index is 1.71. The first kappa shape index (κ1) is 18.8. The molecule has 144 valence electrons. The van der Waals surface area contributed by atoms with Gasteiger partial charge >= 0.3 is 0 Å². The van der Waals surface area contributed by atoms with Crippen LogP contribution in [0.1, 0.15) is 16.9 Å². The van der Waals surface area contributed by atoms with Crippen LogP contribution in [-0.2, 0) is 9.59 Å². The molecule has 1 aliphatic rings. The second-order valence-electron chi connectivity index (χ2n) is 6.82. The molecule has 0 spiro atoms. The van der Waals surface area contributed by atoms with Crippen molar-refractivity contribution in [2.75, 3.05) is 4.90 Å². The molecule has 29 heavy (non-hydrogen) atoms. The lowest BCUT2D eigenvalue weighted by Gasteiger charge is -2.30. The van der Waals surface area contributed by atoms with Gasteiger partial charge in [0.1, 0.15) is 17.1 Å². The summed E-state index contributed by atoms with van der Waals surface area (Å²) in [4.78, 5) is 27.0. The number of nitrogens with one attached hydrogen (secondary N) is 1. The van der Waals surface area contributed by atoms with E-state index in [9.17, 15) is 9.59 Å². The van der Waals surface area contributed by atoms with E-state index in [-0.39, 0.29) is 10.7 Å². The molecule has 2 heterocycles. The van der Waals surface area contributed by atoms with Gasteiger partial charge in [-0.05, 0) is 61.5 Å². The Morgan fingerprint density at radius 1 is 1.00 bits per heavy atom. The van der Waals surface area contributed by atoms with E-state index in [0.717, 1.165) is 16.7 Å². The Morgan fingerprint density at radius 2 is 1.76 bits per heavy atom. The summed E-state index contributed by atoms with van der Waals surface area (Å²) in [7, 11) is 0. The van der Waals surface area contributed by atoms with E-state index in [2.05, 4.69) is 5.32 Å². The third-order valence-electron chi connectivity index (χ3n) is 4.68. The zero-order chi connectivity index (χ0) is 20.5. The lowest BCUT2D eigenvalue weighted by molar-refractivity contribution is -0.122. The average molecular weight is 402 g/mol. The molecule has 0 atom stereocenters. The lowest BCUT2D eigenvalue weighted by Crippen LogP contribution is -2.54. The van der Waals surface area contributed by atoms with Gasteiger partial charge in [0.2, 0.25) is 0 Å². The number of hydrogen-bond donors (Lipinski definition) is 1. The molecule has 1 aromatic heterocycles. The van der Waals surface area contributed by atoms with Gasteiger partial charge in [-0.1, -0.05) is 42.5 Å². The van der Waals surface area contributed by atoms with Gasteiger partial charge < -0.3 is 4.42 Å². The standard InChI is InChI=1S/C23H18N2O3S/c1-14-8-9-15(2)19(12-14)25-22(27)18(21(26)24-23(25)29)13-17-10-11-20(28-17)16-6-4-3-5-7-16/h3-13H,1-2H3,(H,24,26,29)/b18-13+. The summed E-state index contributed by atoms with van der Waals surface area (Å²) in [5.74, 6) is 0.0448. The largest absolute Gasteiger partial charge is 0.457 e. The first-order chi connectivity index (χ1) is 13.9. The molecule has 5 nitrogen and oxygen atoms in total. The molecule has 1 N–H and O–H groups in total. The third-order valence-corrected chi connectivity index (χ3v) is 4.96. The molecular weight excluding hydrogens is 384 g/mol. The van der Waals surface area contributed by atoms with Gasteiger partial charge in [-0.3, -0.25) is 19.8 Å². The Kier molecular flexibility index (Phi) is 4.86. The molecule has 0 radical (unpaired) electrons. The van der Waals surface area contributed by atoms with E-state index in [1.807, 2.05) is 62.4 Å². The number of rotatable bonds is 3. The fraction of sp³-hybridized carbons (Fsp3) is 0.0870. The first-order valence-corrected chi connectivity index (χ1v) is 9.49. The van der Waals surface area contributed by atoms with Crippen molar-refractivity contribution >= 4 is 40.9 Å². The zero-order valence-electron chi connectivity index (χ0n) is 15.9. The van der Waals surface area contributed by atoms with Crippen LogP contribution in [0.25, 0.3) is 17.4 Å². The fourth-order valence-corrected chi connectivity index (χ4v) is 3.44. The van der Waals surface area contributed by atoms with Crippen LogP contribution in [0.5, 0.6) is 0 Å². The number of carbonyl (C=O) groups excluding carboxylic acids is 2. The molecule has 0 aliphatic carbocycles. The van der Waals surface area contributed by atoms with Gasteiger partial charge in [0.05, 0.1) is 5.69 Å². The molecule has 1 aliphatic heterocycles. The molecule has 4 rings (SSSR count). The number of benzene rings is 2. The summed E-state index contributed by atoms with van der Waals surface area (Å²) in [6, 6.07) is 18.9. The summed E-state index contributed by atoms with van der Waals surface area (Å²) >= 11 is 5.27. The minimum atomic E-state index is -0.542. The second-order valence-corrected chi connectivity index (χ2v) is 7.20. The first-order valence-electron chi connectivity index (χ1n) is 9.08. The molecule has 0 bridgehead atoms. The molecule has 0 unspecified atom stereocenters. The lowest BCUT2D eigenvalue weighted by atomic mass is 10.1. The van der Waals surface area contributed by atoms with Gasteiger partial charge in [0, 0.05) is 5.56 Å². The number of hydrogen-bond acceptors (Lipinski definition) is 4. The Morgan fingerprint density at radius 3 is 2.52 bits per heavy atom. The number of furan rings is 1. The van der Waals surface area contributed by atoms with Crippen LogP contribution in [0.15, 0.2) is 70.7 Å². The fourth-order valence-electron chi connectivity index (χ4n) is 3.17. The summed E-state index contributed by atoms with van der Waals surface area (Å²) in [5.41, 5.74) is 3.40. The van der Waals surface area contributed by atoms with E-state index in [1.165, 1.54) is 11.0 Å². The molecule has 2 amide bonds. The Bertz CT molecular complexity index is 1160. The number of anilines is 1. The monoisotopic (exact) mass is 402 g/mol. The van der Waals surface area contributed by atoms with Crippen molar-refractivity contribution in [2.45, 2.75) is 13.8 Å². The van der Waals surface area contributed by atoms with Gasteiger partial charge in [-0.15, -0.1) is 0 Å². The highest BCUT2D eigenvalue weighted by molar-refractivity contribution is 7.80. The maximum atomic E-state index is 13.2. The molecule has 3 aromatic rings. The van der Waals surface area contributed by atoms with E-state index >= 15 is 0 Å². The highest BCUT2D eigenvalue weighted by Crippen LogP contribution is 2.28. The highest BCUT2D eigenvalue weighted by atomic mass is 32.1. The highest BCUT2D eigenvalue weighted by Gasteiger charge is 2.35. The molecular formula is C23H18N2O3S. The van der Waals surface area contributed by atoms with Gasteiger partial charge in [-0.25, -0.2) is 0 Å². The van der Waals surface area contributed by atoms with Gasteiger partial charge in [0.25, 0.3) is 11.8 Å². The molecule has 1 fully saturated rings. The second kappa shape index (κ2) is 7.48. The van der Waals surface area contributed by atoms with Crippen molar-refractivity contribution in [2.24, 2.45) is 0 Å². The van der Waals surface area contributed by atoms with Crippen molar-refractivity contribution in [3.05, 3.63) is 83.1 Å². The number of carbonyl (C=O) groups is 2. The van der Waals surface area contributed by atoms with Crippen LogP contribution in [0.4, 0.5) is 5.69 Å². The van der Waals surface area contributed by atoms with Crippen molar-refractivity contribution in [3.63, 3.8) is 0 Å². The zero-order valence-corrected chi connectivity index (χ0v) is 16.7. The van der Waals surface area contributed by atoms with Crippen LogP contribution in [0.3, 0.4) is 0 Å². The van der Waals surface area contributed by atoms with E-state index in [4.69, 9.17) is 16.6 Å². The summed E-state index contributed by atoms with van der Waals surface area (Å²) in [6.07, 6.45) is 1.45. The molecule has 0 saturated carbocycles. The van der Waals surface area contributed by atoms with Crippen molar-refractivity contribution in [1.82, 2.24) is 5.32 Å². The van der Waals surface area contributed by atoms with Crippen molar-refractivity contribution in [1.29, 1.82) is 0 Å². The number of nitrogens with zero attached hydrogens (tertiary/aromatic N) is 1. The van der Waals surface area contributed by atoms with Crippen LogP contribution in [0, 0.1) is 13.8 Å². The van der Waals surface area contributed by atoms with Gasteiger partial charge in [0.15, 0.2) is 5.11 Å². The maximum absolute atomic E-state index is 13.2. The number of amides is 2. The SMILES string of the molecule is Cc1ccc(C)c(N2C(=O)/C(=C/c3ccc(-c4ccccc4)o3)C(=O)NC2=S)c1. The summed E-state index contributed by atoms with van der Waals surface area (Å²) in [5, 5.41) is 2.67. The molecule has 6 heteroatoms. The average Bonchev–Trinajstić information content (AvgIpc) is 3.17. The van der Waals surface area contributed by atoms with Gasteiger partial charge in [-0.2, -0.15) is 0 Å². The summed E-state index contributed by atoms with van der Waals surface area (Å²) in [6.45, 7) is 3.83. The number of thiocarbonyl (C=S) groups is 1. The topological polar surface area (TPSA) is 62.6 Å². The van der Waals surface area contributed by atoms with Crippen LogP contribution in [0.2, 0.25) is 0 Å². The van der Waals surface area contributed by atoms with E-state index in [1.54, 1.807) is 12.1 Å². The van der Waals surface area contributed by atoms with Crippen LogP contribution >= 0.6 is 12.2 Å². The predicted molar refractivity (Wildman–Crippen MR) is 116 cm³/mol. The van der Waals surface area contributed by atoms with Crippen LogP contribution in [-0.4, -0.2) is 16.9 Å². The van der Waals surface area contributed by atoms with E-state index < -0.39 is 11.8 Å². The van der Waals surface area contributed by atoms with Crippen molar-refractivity contribution < 1.29 is 14.0 Å². The number of aryl methyl sites for hydroxylation is 2. The summed E-state index contributed by atoms with van der Waals surface area (Å²) < 4.78 is 5.82. The normalized spacial score (nSPS) is 15.7. The predicted octanol–water partition coefficient (Wildman–Crippen LogP) is 4.39. The van der Waals surface area contributed by atoms with Crippen LogP contribution < -0.4 is 10.2 Å². The minimum Gasteiger partial charge on any atom is -0.457 e. The molecule has 2 aromatic carbocycles. The smallest absolute Gasteiger partial charge is 0.270 e. The third kappa shape index (κ3) is 3.62.